The van der Waals surface area contributed by atoms with Crippen LogP contribution in [0.4, 0.5) is 4.79 Å². The molecule has 5 nitrogen and oxygen atoms in total. The molecule has 0 aromatic carbocycles. The van der Waals surface area contributed by atoms with Gasteiger partial charge in [0.05, 0.1) is 6.61 Å². The number of terminal acetylenes is 1. The van der Waals surface area contributed by atoms with E-state index in [1.807, 2.05) is 0 Å². The molecule has 0 N–H and O–H groups in total. The van der Waals surface area contributed by atoms with Crippen molar-refractivity contribution >= 4 is 12.1 Å². The first-order valence-electron chi connectivity index (χ1n) is 9.54. The molecule has 0 aliphatic rings. The molecule has 144 valence electrons. The van der Waals surface area contributed by atoms with Crippen molar-refractivity contribution in [1.29, 1.82) is 0 Å². The second-order valence-corrected chi connectivity index (χ2v) is 6.35. The van der Waals surface area contributed by atoms with Crippen molar-refractivity contribution in [3.63, 3.8) is 0 Å². The topological polar surface area (TPSA) is 55.8 Å². The Kier molecular flexibility index (Phi) is 14.7. The summed E-state index contributed by atoms with van der Waals surface area (Å²) in [6.45, 7) is 4.40. The summed E-state index contributed by atoms with van der Waals surface area (Å²) in [6.07, 6.45) is 15.8. The van der Waals surface area contributed by atoms with Gasteiger partial charge in [-0.05, 0) is 13.3 Å². The van der Waals surface area contributed by atoms with Gasteiger partial charge in [0.1, 0.15) is 12.6 Å². The van der Waals surface area contributed by atoms with Crippen LogP contribution >= 0.6 is 0 Å². The number of likely N-dealkylation sites (N-methyl/N-ethyl adjacent to an activating group) is 1. The van der Waals surface area contributed by atoms with Crippen molar-refractivity contribution in [2.45, 2.75) is 84.1 Å². The molecule has 0 bridgehead atoms. The molecule has 1 amide bonds. The molecule has 25 heavy (non-hydrogen) atoms. The maximum atomic E-state index is 12.0. The van der Waals surface area contributed by atoms with E-state index < -0.39 is 18.1 Å². The first-order chi connectivity index (χ1) is 12.0. The first-order valence-corrected chi connectivity index (χ1v) is 9.54. The molecule has 0 radical (unpaired) electrons. The summed E-state index contributed by atoms with van der Waals surface area (Å²) in [4.78, 5) is 24.9. The van der Waals surface area contributed by atoms with E-state index in [0.717, 1.165) is 12.8 Å². The number of amides is 1. The zero-order valence-corrected chi connectivity index (χ0v) is 16.2. The molecular formula is C20H35NO4. The largest absolute Gasteiger partial charge is 0.464 e. The van der Waals surface area contributed by atoms with Crippen LogP contribution in [0.15, 0.2) is 0 Å². The van der Waals surface area contributed by atoms with Crippen molar-refractivity contribution in [2.75, 3.05) is 20.3 Å². The quantitative estimate of drug-likeness (QED) is 0.261. The molecule has 1 unspecified atom stereocenters. The number of carbonyl (C=O) groups excluding carboxylic acids is 2. The molecule has 0 fully saturated rings. The summed E-state index contributed by atoms with van der Waals surface area (Å²) in [5.74, 6) is 1.98. The Morgan fingerprint density at radius 3 is 2.08 bits per heavy atom. The van der Waals surface area contributed by atoms with Crippen LogP contribution in [0.1, 0.15) is 78.1 Å². The Bertz CT molecular complexity index is 403. The highest BCUT2D eigenvalue weighted by Gasteiger charge is 2.24. The van der Waals surface area contributed by atoms with E-state index in [1.165, 1.54) is 56.9 Å². The number of rotatable bonds is 14. The Morgan fingerprint density at radius 1 is 0.960 bits per heavy atom. The van der Waals surface area contributed by atoms with Crippen molar-refractivity contribution in [3.8, 4) is 12.3 Å². The van der Waals surface area contributed by atoms with Gasteiger partial charge in [-0.3, -0.25) is 4.90 Å². The van der Waals surface area contributed by atoms with Crippen molar-refractivity contribution in [3.05, 3.63) is 0 Å². The lowest BCUT2D eigenvalue weighted by atomic mass is 10.1. The summed E-state index contributed by atoms with van der Waals surface area (Å²) < 4.78 is 10.2. The molecule has 5 heteroatoms. The summed E-state index contributed by atoms with van der Waals surface area (Å²) >= 11 is 0. The number of esters is 1. The Labute approximate surface area is 153 Å². The molecule has 0 heterocycles. The molecule has 0 saturated carbocycles. The zero-order valence-electron chi connectivity index (χ0n) is 16.2. The van der Waals surface area contributed by atoms with Gasteiger partial charge in [0, 0.05) is 13.5 Å². The van der Waals surface area contributed by atoms with E-state index in [2.05, 4.69) is 12.8 Å². The molecule has 0 aromatic rings. The van der Waals surface area contributed by atoms with Gasteiger partial charge >= 0.3 is 12.1 Å². The minimum absolute atomic E-state index is 0.153. The third kappa shape index (κ3) is 12.3. The Hall–Kier alpha value is -1.70. The van der Waals surface area contributed by atoms with Crippen molar-refractivity contribution in [2.24, 2.45) is 0 Å². The van der Waals surface area contributed by atoms with Crippen LogP contribution in [0.3, 0.4) is 0 Å². The number of carbonyl (C=O) groups is 2. The highest BCUT2D eigenvalue weighted by molar-refractivity contribution is 5.80. The third-order valence-corrected chi connectivity index (χ3v) is 4.17. The van der Waals surface area contributed by atoms with E-state index in [4.69, 9.17) is 15.9 Å². The fourth-order valence-electron chi connectivity index (χ4n) is 2.32. The number of hydrogen-bond donors (Lipinski definition) is 0. The van der Waals surface area contributed by atoms with Gasteiger partial charge in [0.2, 0.25) is 0 Å². The van der Waals surface area contributed by atoms with E-state index in [9.17, 15) is 9.59 Å². The lowest BCUT2D eigenvalue weighted by Gasteiger charge is -2.22. The maximum Gasteiger partial charge on any atom is 0.410 e. The smallest absolute Gasteiger partial charge is 0.410 e. The van der Waals surface area contributed by atoms with Gasteiger partial charge in [-0.1, -0.05) is 58.3 Å². The monoisotopic (exact) mass is 353 g/mol. The SMILES string of the molecule is C#CCCOC(=O)N(C)C(C)C(=O)OCCCCCCCCCCC. The first kappa shape index (κ1) is 23.3. The Morgan fingerprint density at radius 2 is 1.52 bits per heavy atom. The predicted octanol–water partition coefficient (Wildman–Crippen LogP) is 4.54. The summed E-state index contributed by atoms with van der Waals surface area (Å²) in [5, 5.41) is 0. The second kappa shape index (κ2) is 15.8. The van der Waals surface area contributed by atoms with Crippen LogP contribution in [-0.2, 0) is 14.3 Å². The fourth-order valence-corrected chi connectivity index (χ4v) is 2.32. The average Bonchev–Trinajstić information content (AvgIpc) is 2.61. The van der Waals surface area contributed by atoms with Gasteiger partial charge in [0.15, 0.2) is 0 Å². The normalized spacial score (nSPS) is 11.4. The van der Waals surface area contributed by atoms with Crippen molar-refractivity contribution in [1.82, 2.24) is 4.90 Å². The number of unbranched alkanes of at least 4 members (excludes halogenated alkanes) is 8. The van der Waals surface area contributed by atoms with Crippen LogP contribution < -0.4 is 0 Å². The van der Waals surface area contributed by atoms with E-state index >= 15 is 0 Å². The van der Waals surface area contributed by atoms with E-state index in [1.54, 1.807) is 6.92 Å². The molecule has 0 aromatic heterocycles. The van der Waals surface area contributed by atoms with Crippen LogP contribution in [0.25, 0.3) is 0 Å². The highest BCUT2D eigenvalue weighted by atomic mass is 16.6. The maximum absolute atomic E-state index is 12.0. The van der Waals surface area contributed by atoms with Crippen LogP contribution in [0.5, 0.6) is 0 Å². The molecule has 0 aliphatic carbocycles. The minimum Gasteiger partial charge on any atom is -0.464 e. The number of hydrogen-bond acceptors (Lipinski definition) is 4. The molecular weight excluding hydrogens is 318 g/mol. The Balaban J connectivity index is 3.70. The summed E-state index contributed by atoms with van der Waals surface area (Å²) in [5.41, 5.74) is 0. The van der Waals surface area contributed by atoms with Gasteiger partial charge in [0.25, 0.3) is 0 Å². The molecule has 0 saturated heterocycles. The minimum atomic E-state index is -0.670. The molecule has 0 spiro atoms. The second-order valence-electron chi connectivity index (χ2n) is 6.35. The predicted molar refractivity (Wildman–Crippen MR) is 100 cm³/mol. The van der Waals surface area contributed by atoms with Gasteiger partial charge in [-0.25, -0.2) is 9.59 Å². The van der Waals surface area contributed by atoms with Gasteiger partial charge < -0.3 is 9.47 Å². The standard InChI is InChI=1S/C20H35NO4/c1-5-7-9-10-11-12-13-14-15-17-24-19(22)18(3)21(4)20(23)25-16-8-6-2/h2,18H,5,7-17H2,1,3-4H3. The van der Waals surface area contributed by atoms with Gasteiger partial charge in [-0.15, -0.1) is 12.3 Å². The van der Waals surface area contributed by atoms with Crippen molar-refractivity contribution < 1.29 is 19.1 Å². The van der Waals surface area contributed by atoms with Crippen LogP contribution in [-0.4, -0.2) is 43.3 Å². The number of ether oxygens (including phenoxy) is 2. The summed E-state index contributed by atoms with van der Waals surface area (Å²) in [7, 11) is 1.52. The lowest BCUT2D eigenvalue weighted by Crippen LogP contribution is -2.41. The van der Waals surface area contributed by atoms with E-state index in [0.29, 0.717) is 13.0 Å². The zero-order chi connectivity index (χ0) is 18.9. The lowest BCUT2D eigenvalue weighted by molar-refractivity contribution is -0.148. The highest BCUT2D eigenvalue weighted by Crippen LogP contribution is 2.10. The van der Waals surface area contributed by atoms with E-state index in [-0.39, 0.29) is 6.61 Å². The average molecular weight is 354 g/mol. The van der Waals surface area contributed by atoms with Crippen LogP contribution in [0.2, 0.25) is 0 Å². The van der Waals surface area contributed by atoms with Crippen LogP contribution in [0, 0.1) is 12.3 Å². The molecule has 1 atom stereocenters. The third-order valence-electron chi connectivity index (χ3n) is 4.17. The number of nitrogens with zero attached hydrogens (tertiary/aromatic N) is 1. The molecule has 0 aliphatic heterocycles. The molecule has 0 rings (SSSR count). The fraction of sp³-hybridized carbons (Fsp3) is 0.800. The van der Waals surface area contributed by atoms with Gasteiger partial charge in [-0.2, -0.15) is 0 Å². The summed E-state index contributed by atoms with van der Waals surface area (Å²) in [6, 6.07) is -0.670.